The van der Waals surface area contributed by atoms with Gasteiger partial charge < -0.3 is 14.2 Å². The average molecular weight is 376 g/mol. The van der Waals surface area contributed by atoms with Crippen molar-refractivity contribution in [2.45, 2.75) is 39.1 Å². The van der Waals surface area contributed by atoms with Gasteiger partial charge in [0.05, 0.1) is 19.8 Å². The van der Waals surface area contributed by atoms with Crippen molar-refractivity contribution < 1.29 is 23.0 Å². The molecule has 1 aliphatic heterocycles. The molecule has 0 N–H and O–H groups in total. The number of ether oxygens (including phenoxy) is 3. The minimum absolute atomic E-state index is 0.0560. The highest BCUT2D eigenvalue weighted by atomic mass is 19.1. The number of rotatable bonds is 7. The number of methoxy groups -OCH3 is 1. The Labute approximate surface area is 159 Å². The summed E-state index contributed by atoms with van der Waals surface area (Å²) in [7, 11) is 1.41. The topological polar surface area (TPSA) is 27.7 Å². The molecule has 0 saturated carbocycles. The van der Waals surface area contributed by atoms with Gasteiger partial charge >= 0.3 is 0 Å². The number of hydrogen-bond donors (Lipinski definition) is 0. The fraction of sp³-hybridized carbons (Fsp3) is 0.455. The summed E-state index contributed by atoms with van der Waals surface area (Å²) in [5.74, 6) is -0.752. The van der Waals surface area contributed by atoms with Crippen molar-refractivity contribution in [3.8, 4) is 11.1 Å². The van der Waals surface area contributed by atoms with Crippen LogP contribution >= 0.6 is 0 Å². The van der Waals surface area contributed by atoms with Crippen LogP contribution in [-0.2, 0) is 20.8 Å². The second-order valence-corrected chi connectivity index (χ2v) is 6.98. The van der Waals surface area contributed by atoms with Crippen LogP contribution in [0.5, 0.6) is 0 Å². The number of unbranched alkanes of at least 4 members (excludes halogenated alkanes) is 1. The van der Waals surface area contributed by atoms with Crippen molar-refractivity contribution in [1.82, 2.24) is 0 Å². The van der Waals surface area contributed by atoms with Crippen LogP contribution in [0.1, 0.15) is 43.6 Å². The van der Waals surface area contributed by atoms with E-state index >= 15 is 0 Å². The fourth-order valence-corrected chi connectivity index (χ4v) is 3.28. The van der Waals surface area contributed by atoms with Gasteiger partial charge in [-0.15, -0.1) is 0 Å². The molecule has 1 fully saturated rings. The van der Waals surface area contributed by atoms with Crippen molar-refractivity contribution >= 4 is 0 Å². The highest BCUT2D eigenvalue weighted by molar-refractivity contribution is 5.64. The van der Waals surface area contributed by atoms with E-state index in [1.165, 1.54) is 32.1 Å². The van der Waals surface area contributed by atoms with E-state index < -0.39 is 11.6 Å². The first-order chi connectivity index (χ1) is 13.1. The van der Waals surface area contributed by atoms with E-state index in [1.807, 2.05) is 24.3 Å². The minimum atomic E-state index is -0.604. The van der Waals surface area contributed by atoms with Crippen LogP contribution in [0.4, 0.5) is 8.78 Å². The quantitative estimate of drug-likeness (QED) is 0.627. The van der Waals surface area contributed by atoms with E-state index in [0.717, 1.165) is 17.5 Å². The van der Waals surface area contributed by atoms with Gasteiger partial charge in [0.25, 0.3) is 0 Å². The van der Waals surface area contributed by atoms with Crippen molar-refractivity contribution in [2.24, 2.45) is 5.92 Å². The molecule has 0 bridgehead atoms. The van der Waals surface area contributed by atoms with E-state index in [-0.39, 0.29) is 18.5 Å². The summed E-state index contributed by atoms with van der Waals surface area (Å²) in [6, 6.07) is 10.1. The highest BCUT2D eigenvalue weighted by Gasteiger charge is 2.23. The van der Waals surface area contributed by atoms with Gasteiger partial charge in [-0.05, 0) is 29.7 Å². The van der Waals surface area contributed by atoms with E-state index in [1.54, 1.807) is 0 Å². The van der Waals surface area contributed by atoms with E-state index in [9.17, 15) is 8.78 Å². The zero-order valence-electron chi connectivity index (χ0n) is 15.8. The van der Waals surface area contributed by atoms with Crippen LogP contribution in [0.15, 0.2) is 36.4 Å². The zero-order valence-corrected chi connectivity index (χ0v) is 15.8. The van der Waals surface area contributed by atoms with Gasteiger partial charge in [-0.25, -0.2) is 8.78 Å². The smallest absolute Gasteiger partial charge is 0.183 e. The Bertz CT molecular complexity index is 715. The Morgan fingerprint density at radius 3 is 2.19 bits per heavy atom. The van der Waals surface area contributed by atoms with Gasteiger partial charge in [0, 0.05) is 24.2 Å². The van der Waals surface area contributed by atoms with Crippen molar-refractivity contribution in [3.63, 3.8) is 0 Å². The molecule has 0 aliphatic carbocycles. The minimum Gasteiger partial charge on any atom is -0.380 e. The molecule has 1 saturated heterocycles. The van der Waals surface area contributed by atoms with Crippen molar-refractivity contribution in [3.05, 3.63) is 59.2 Å². The lowest BCUT2D eigenvalue weighted by molar-refractivity contribution is -0.206. The van der Waals surface area contributed by atoms with Gasteiger partial charge in [0.1, 0.15) is 11.6 Å². The summed E-state index contributed by atoms with van der Waals surface area (Å²) < 4.78 is 44.8. The normalized spacial score (nSPS) is 20.0. The molecule has 3 nitrogen and oxygen atoms in total. The van der Waals surface area contributed by atoms with Crippen molar-refractivity contribution in [1.29, 1.82) is 0 Å². The van der Waals surface area contributed by atoms with Crippen LogP contribution in [0, 0.1) is 17.6 Å². The summed E-state index contributed by atoms with van der Waals surface area (Å²) in [6.45, 7) is 3.48. The Hall–Kier alpha value is -1.82. The second-order valence-electron chi connectivity index (χ2n) is 6.98. The largest absolute Gasteiger partial charge is 0.380 e. The maximum Gasteiger partial charge on any atom is 0.183 e. The molecule has 0 unspecified atom stereocenters. The Morgan fingerprint density at radius 2 is 1.63 bits per heavy atom. The highest BCUT2D eigenvalue weighted by Crippen LogP contribution is 2.30. The Balaban J connectivity index is 1.68. The molecular weight excluding hydrogens is 350 g/mol. The van der Waals surface area contributed by atoms with Gasteiger partial charge in [-0.3, -0.25) is 0 Å². The van der Waals surface area contributed by atoms with Crippen LogP contribution in [0.25, 0.3) is 11.1 Å². The van der Waals surface area contributed by atoms with E-state index in [4.69, 9.17) is 14.2 Å². The van der Waals surface area contributed by atoms with Gasteiger partial charge in [-0.1, -0.05) is 44.0 Å². The number of hydrogen-bond acceptors (Lipinski definition) is 3. The molecule has 146 valence electrons. The molecule has 27 heavy (non-hydrogen) atoms. The lowest BCUT2D eigenvalue weighted by atomic mass is 10.0. The zero-order chi connectivity index (χ0) is 19.2. The average Bonchev–Trinajstić information content (AvgIpc) is 2.69. The third-order valence-corrected chi connectivity index (χ3v) is 4.88. The molecule has 2 aromatic carbocycles. The molecular formula is C22H26F2O3. The molecule has 0 aromatic heterocycles. The Morgan fingerprint density at radius 1 is 1.00 bits per heavy atom. The van der Waals surface area contributed by atoms with Crippen molar-refractivity contribution in [2.75, 3.05) is 20.3 Å². The molecule has 2 aromatic rings. The van der Waals surface area contributed by atoms with Gasteiger partial charge in [-0.2, -0.15) is 0 Å². The molecule has 0 radical (unpaired) electrons. The summed E-state index contributed by atoms with van der Waals surface area (Å²) >= 11 is 0. The first kappa shape index (κ1) is 19.9. The summed E-state index contributed by atoms with van der Waals surface area (Å²) in [6.07, 6.45) is 3.11. The maximum absolute atomic E-state index is 14.1. The molecule has 3 rings (SSSR count). The predicted octanol–water partition coefficient (Wildman–Crippen LogP) is 5.63. The standard InChI is InChI=1S/C22H26F2O3/c1-3-4-5-15-12-26-22(27-13-15)17-8-6-16(7-9-17)18-10-20(23)19(14-25-2)21(24)11-18/h6-11,15,22H,3-5,12-14H2,1-2H3/t15-,22-. The third-order valence-electron chi connectivity index (χ3n) is 4.88. The van der Waals surface area contributed by atoms with Gasteiger partial charge in [0.2, 0.25) is 0 Å². The van der Waals surface area contributed by atoms with Crippen LogP contribution in [-0.4, -0.2) is 20.3 Å². The molecule has 1 heterocycles. The number of halogens is 2. The van der Waals surface area contributed by atoms with Crippen LogP contribution < -0.4 is 0 Å². The first-order valence-corrected chi connectivity index (χ1v) is 9.42. The molecule has 1 aliphatic rings. The van der Waals surface area contributed by atoms with E-state index in [0.29, 0.717) is 24.7 Å². The maximum atomic E-state index is 14.1. The monoisotopic (exact) mass is 376 g/mol. The molecule has 0 amide bonds. The molecule has 0 spiro atoms. The lowest BCUT2D eigenvalue weighted by Gasteiger charge is -2.29. The SMILES string of the molecule is CCCC[C@H]1CO[C@H](c2ccc(-c3cc(F)c(COC)c(F)c3)cc2)OC1. The predicted molar refractivity (Wildman–Crippen MR) is 100 cm³/mol. The molecule has 0 atom stereocenters. The Kier molecular flexibility index (Phi) is 6.94. The van der Waals surface area contributed by atoms with Gasteiger partial charge in [0.15, 0.2) is 6.29 Å². The number of benzene rings is 2. The summed E-state index contributed by atoms with van der Waals surface area (Å²) in [5.41, 5.74) is 2.07. The summed E-state index contributed by atoms with van der Waals surface area (Å²) in [4.78, 5) is 0. The lowest BCUT2D eigenvalue weighted by Crippen LogP contribution is -2.27. The van der Waals surface area contributed by atoms with Crippen LogP contribution in [0.2, 0.25) is 0 Å². The van der Waals surface area contributed by atoms with Crippen LogP contribution in [0.3, 0.4) is 0 Å². The third kappa shape index (κ3) is 4.92. The molecule has 5 heteroatoms. The van der Waals surface area contributed by atoms with E-state index in [2.05, 4.69) is 6.92 Å². The summed E-state index contributed by atoms with van der Waals surface area (Å²) in [5, 5.41) is 0. The first-order valence-electron chi connectivity index (χ1n) is 9.42. The second kappa shape index (κ2) is 9.40. The fourth-order valence-electron chi connectivity index (χ4n) is 3.28.